The van der Waals surface area contributed by atoms with Crippen LogP contribution in [0.3, 0.4) is 0 Å². The summed E-state index contributed by atoms with van der Waals surface area (Å²) in [5.41, 5.74) is 0. The molecule has 0 bridgehead atoms. The zero-order chi connectivity index (χ0) is 12.7. The molecule has 4 nitrogen and oxygen atoms in total. The Hall–Kier alpha value is -0.610. The van der Waals surface area contributed by atoms with E-state index in [-0.39, 0.29) is 11.9 Å². The Morgan fingerprint density at radius 1 is 1.47 bits per heavy atom. The maximum atomic E-state index is 11.9. The monoisotopic (exact) mass is 241 g/mol. The number of hydrogen-bond donors (Lipinski definition) is 2. The second kappa shape index (κ2) is 7.67. The van der Waals surface area contributed by atoms with Crippen LogP contribution >= 0.6 is 0 Å². The van der Waals surface area contributed by atoms with Crippen molar-refractivity contribution in [2.75, 3.05) is 26.7 Å². The molecule has 17 heavy (non-hydrogen) atoms. The van der Waals surface area contributed by atoms with Crippen LogP contribution in [0.1, 0.15) is 39.5 Å². The fourth-order valence-electron chi connectivity index (χ4n) is 2.27. The van der Waals surface area contributed by atoms with E-state index in [0.29, 0.717) is 6.04 Å². The van der Waals surface area contributed by atoms with E-state index in [9.17, 15) is 4.79 Å². The highest BCUT2D eigenvalue weighted by Gasteiger charge is 2.28. The Labute approximate surface area is 105 Å². The molecule has 4 heteroatoms. The molecule has 1 aliphatic heterocycles. The fraction of sp³-hybridized carbons (Fsp3) is 0.923. The third kappa shape index (κ3) is 4.64. The van der Waals surface area contributed by atoms with Crippen molar-refractivity contribution in [3.05, 3.63) is 0 Å². The lowest BCUT2D eigenvalue weighted by molar-refractivity contribution is -0.125. The summed E-state index contributed by atoms with van der Waals surface area (Å²) >= 11 is 0. The molecule has 1 rings (SSSR count). The molecule has 0 spiro atoms. The third-order valence-electron chi connectivity index (χ3n) is 3.63. The van der Waals surface area contributed by atoms with E-state index in [0.717, 1.165) is 32.5 Å². The van der Waals surface area contributed by atoms with E-state index < -0.39 is 0 Å². The SMILES string of the molecule is CCCCCNC(=O)C(C)N1CCC(NC)C1. The van der Waals surface area contributed by atoms with Gasteiger partial charge in [0, 0.05) is 25.7 Å². The average Bonchev–Trinajstić information content (AvgIpc) is 2.82. The number of hydrogen-bond acceptors (Lipinski definition) is 3. The van der Waals surface area contributed by atoms with E-state index in [2.05, 4.69) is 22.5 Å². The van der Waals surface area contributed by atoms with Crippen molar-refractivity contribution in [1.29, 1.82) is 0 Å². The Morgan fingerprint density at radius 2 is 2.24 bits per heavy atom. The standard InChI is InChI=1S/C13H27N3O/c1-4-5-6-8-15-13(17)11(2)16-9-7-12(10-16)14-3/h11-12,14H,4-10H2,1-3H3,(H,15,17). The van der Waals surface area contributed by atoms with Gasteiger partial charge in [-0.1, -0.05) is 19.8 Å². The van der Waals surface area contributed by atoms with E-state index in [1.807, 2.05) is 14.0 Å². The van der Waals surface area contributed by atoms with Crippen LogP contribution in [0.4, 0.5) is 0 Å². The van der Waals surface area contributed by atoms with Crippen molar-refractivity contribution in [1.82, 2.24) is 15.5 Å². The van der Waals surface area contributed by atoms with Gasteiger partial charge in [-0.25, -0.2) is 0 Å². The normalized spacial score (nSPS) is 22.6. The van der Waals surface area contributed by atoms with Gasteiger partial charge in [0.2, 0.25) is 5.91 Å². The van der Waals surface area contributed by atoms with Crippen LogP contribution in [0.15, 0.2) is 0 Å². The van der Waals surface area contributed by atoms with E-state index in [1.54, 1.807) is 0 Å². The van der Waals surface area contributed by atoms with Crippen LogP contribution in [0.25, 0.3) is 0 Å². The minimum atomic E-state index is 0.00924. The topological polar surface area (TPSA) is 44.4 Å². The Morgan fingerprint density at radius 3 is 2.82 bits per heavy atom. The van der Waals surface area contributed by atoms with Crippen molar-refractivity contribution in [2.24, 2.45) is 0 Å². The first kappa shape index (κ1) is 14.5. The fourth-order valence-corrected chi connectivity index (χ4v) is 2.27. The smallest absolute Gasteiger partial charge is 0.237 e. The molecule has 1 fully saturated rings. The zero-order valence-electron chi connectivity index (χ0n) is 11.5. The summed E-state index contributed by atoms with van der Waals surface area (Å²) in [6, 6.07) is 0.556. The van der Waals surface area contributed by atoms with E-state index >= 15 is 0 Å². The Balaban J connectivity index is 2.22. The first-order chi connectivity index (χ1) is 8.19. The number of rotatable bonds is 7. The number of nitrogens with one attached hydrogen (secondary N) is 2. The number of likely N-dealkylation sites (tertiary alicyclic amines) is 1. The molecular formula is C13H27N3O. The van der Waals surface area contributed by atoms with Crippen molar-refractivity contribution < 1.29 is 4.79 Å². The van der Waals surface area contributed by atoms with Gasteiger partial charge in [-0.2, -0.15) is 0 Å². The molecule has 2 unspecified atom stereocenters. The predicted octanol–water partition coefficient (Wildman–Crippen LogP) is 0.975. The van der Waals surface area contributed by atoms with E-state index in [1.165, 1.54) is 12.8 Å². The number of unbranched alkanes of at least 4 members (excludes halogenated alkanes) is 2. The molecule has 1 saturated heterocycles. The minimum absolute atomic E-state index is 0.00924. The Kier molecular flexibility index (Phi) is 6.52. The third-order valence-corrected chi connectivity index (χ3v) is 3.63. The lowest BCUT2D eigenvalue weighted by atomic mass is 10.2. The molecule has 0 aromatic carbocycles. The molecule has 0 aliphatic carbocycles. The summed E-state index contributed by atoms with van der Waals surface area (Å²) < 4.78 is 0. The largest absolute Gasteiger partial charge is 0.355 e. The van der Waals surface area contributed by atoms with Gasteiger partial charge in [-0.15, -0.1) is 0 Å². The van der Waals surface area contributed by atoms with Crippen LogP contribution in [0.2, 0.25) is 0 Å². The zero-order valence-corrected chi connectivity index (χ0v) is 11.5. The molecule has 0 aromatic heterocycles. The molecule has 100 valence electrons. The van der Waals surface area contributed by atoms with Gasteiger partial charge in [0.15, 0.2) is 0 Å². The van der Waals surface area contributed by atoms with Crippen molar-refractivity contribution >= 4 is 5.91 Å². The summed E-state index contributed by atoms with van der Waals surface area (Å²) in [5, 5.41) is 6.30. The molecule has 1 heterocycles. The van der Waals surface area contributed by atoms with Crippen LogP contribution in [0.5, 0.6) is 0 Å². The van der Waals surface area contributed by atoms with Crippen molar-refractivity contribution in [2.45, 2.75) is 51.6 Å². The maximum absolute atomic E-state index is 11.9. The summed E-state index contributed by atoms with van der Waals surface area (Å²) in [5.74, 6) is 0.179. The molecule has 0 saturated carbocycles. The lowest BCUT2D eigenvalue weighted by Gasteiger charge is -2.23. The summed E-state index contributed by atoms with van der Waals surface area (Å²) in [6.07, 6.45) is 4.62. The highest BCUT2D eigenvalue weighted by atomic mass is 16.2. The molecule has 2 N–H and O–H groups in total. The highest BCUT2D eigenvalue weighted by Crippen LogP contribution is 2.12. The van der Waals surface area contributed by atoms with Crippen LogP contribution < -0.4 is 10.6 Å². The Bertz CT molecular complexity index is 233. The average molecular weight is 241 g/mol. The van der Waals surface area contributed by atoms with Crippen molar-refractivity contribution in [3.63, 3.8) is 0 Å². The second-order valence-electron chi connectivity index (χ2n) is 4.94. The molecule has 1 aliphatic rings. The van der Waals surface area contributed by atoms with Crippen LogP contribution in [0, 0.1) is 0 Å². The number of amides is 1. The van der Waals surface area contributed by atoms with Crippen LogP contribution in [-0.2, 0) is 4.79 Å². The van der Waals surface area contributed by atoms with Gasteiger partial charge < -0.3 is 10.6 Å². The number of nitrogens with zero attached hydrogens (tertiary/aromatic N) is 1. The molecule has 0 radical (unpaired) electrons. The van der Waals surface area contributed by atoms with E-state index in [4.69, 9.17) is 0 Å². The highest BCUT2D eigenvalue weighted by molar-refractivity contribution is 5.81. The lowest BCUT2D eigenvalue weighted by Crippen LogP contribution is -2.45. The number of carbonyl (C=O) groups is 1. The van der Waals surface area contributed by atoms with Crippen molar-refractivity contribution in [3.8, 4) is 0 Å². The maximum Gasteiger partial charge on any atom is 0.237 e. The van der Waals surface area contributed by atoms with Gasteiger partial charge in [0.1, 0.15) is 0 Å². The molecular weight excluding hydrogens is 214 g/mol. The molecule has 0 aromatic rings. The van der Waals surface area contributed by atoms with Gasteiger partial charge >= 0.3 is 0 Å². The summed E-state index contributed by atoms with van der Waals surface area (Å²) in [7, 11) is 1.99. The summed E-state index contributed by atoms with van der Waals surface area (Å²) in [4.78, 5) is 14.2. The number of likely N-dealkylation sites (N-methyl/N-ethyl adjacent to an activating group) is 1. The first-order valence-corrected chi connectivity index (χ1v) is 6.88. The summed E-state index contributed by atoms with van der Waals surface area (Å²) in [6.45, 7) is 7.01. The molecule has 1 amide bonds. The quantitative estimate of drug-likeness (QED) is 0.653. The first-order valence-electron chi connectivity index (χ1n) is 6.88. The van der Waals surface area contributed by atoms with Gasteiger partial charge in [0.25, 0.3) is 0 Å². The van der Waals surface area contributed by atoms with Gasteiger partial charge in [-0.3, -0.25) is 9.69 Å². The van der Waals surface area contributed by atoms with Gasteiger partial charge in [0.05, 0.1) is 6.04 Å². The van der Waals surface area contributed by atoms with Crippen LogP contribution in [-0.4, -0.2) is 49.6 Å². The number of carbonyl (C=O) groups excluding carboxylic acids is 1. The second-order valence-corrected chi connectivity index (χ2v) is 4.94. The predicted molar refractivity (Wildman–Crippen MR) is 71.0 cm³/mol. The van der Waals surface area contributed by atoms with Gasteiger partial charge in [-0.05, 0) is 26.8 Å². The minimum Gasteiger partial charge on any atom is -0.355 e. The molecule has 2 atom stereocenters.